The van der Waals surface area contributed by atoms with E-state index in [0.29, 0.717) is 12.3 Å². The molecule has 29 heavy (non-hydrogen) atoms. The lowest BCUT2D eigenvalue weighted by molar-refractivity contribution is 0.303. The third-order valence-corrected chi connectivity index (χ3v) is 4.57. The molecule has 0 radical (unpaired) electrons. The van der Waals surface area contributed by atoms with Crippen LogP contribution in [0.3, 0.4) is 0 Å². The van der Waals surface area contributed by atoms with E-state index >= 15 is 0 Å². The van der Waals surface area contributed by atoms with Crippen LogP contribution in [0.25, 0.3) is 16.9 Å². The first-order chi connectivity index (χ1) is 14.0. The Balaban J connectivity index is 1.57. The van der Waals surface area contributed by atoms with E-state index in [-0.39, 0.29) is 5.69 Å². The van der Waals surface area contributed by atoms with E-state index in [9.17, 15) is 4.79 Å². The van der Waals surface area contributed by atoms with Crippen LogP contribution in [0.4, 0.5) is 0 Å². The molecular weight excluding hydrogens is 368 g/mol. The zero-order chi connectivity index (χ0) is 20.4. The van der Waals surface area contributed by atoms with Gasteiger partial charge in [-0.05, 0) is 60.2 Å². The number of para-hydroxylation sites is 1. The van der Waals surface area contributed by atoms with Gasteiger partial charge in [-0.15, -0.1) is 0 Å². The minimum absolute atomic E-state index is 0.298. The van der Waals surface area contributed by atoms with E-state index < -0.39 is 0 Å². The summed E-state index contributed by atoms with van der Waals surface area (Å²) in [6.45, 7) is 4.16. The highest BCUT2D eigenvalue weighted by Crippen LogP contribution is 2.26. The zero-order valence-electron chi connectivity index (χ0n) is 16.4. The Labute approximate surface area is 167 Å². The largest absolute Gasteiger partial charge is 0.489 e. The number of hydrogen-bond acceptors (Lipinski definition) is 6. The lowest BCUT2D eigenvalue weighted by Crippen LogP contribution is -2.23. The SMILES string of the molecule is Cc1nccc(-c2ccc(OCc3ccccc3-n3nnn(C)c3=O)c(C)c2)n1. The van der Waals surface area contributed by atoms with Gasteiger partial charge in [-0.3, -0.25) is 0 Å². The Morgan fingerprint density at radius 3 is 2.59 bits per heavy atom. The van der Waals surface area contributed by atoms with Crippen molar-refractivity contribution >= 4 is 0 Å². The highest BCUT2D eigenvalue weighted by atomic mass is 16.5. The summed E-state index contributed by atoms with van der Waals surface area (Å²) in [6.07, 6.45) is 1.75. The average molecular weight is 388 g/mol. The first kappa shape index (κ1) is 18.5. The summed E-state index contributed by atoms with van der Waals surface area (Å²) < 4.78 is 8.50. The van der Waals surface area contributed by atoms with Crippen LogP contribution in [0, 0.1) is 13.8 Å². The van der Waals surface area contributed by atoms with Crippen molar-refractivity contribution in [1.29, 1.82) is 0 Å². The fraction of sp³-hybridized carbons (Fsp3) is 0.190. The fourth-order valence-electron chi connectivity index (χ4n) is 3.05. The van der Waals surface area contributed by atoms with Crippen molar-refractivity contribution in [3.8, 4) is 22.7 Å². The van der Waals surface area contributed by atoms with Crippen molar-refractivity contribution in [2.24, 2.45) is 7.05 Å². The van der Waals surface area contributed by atoms with Gasteiger partial charge in [-0.25, -0.2) is 14.8 Å². The van der Waals surface area contributed by atoms with Gasteiger partial charge in [0.05, 0.1) is 11.4 Å². The maximum Gasteiger partial charge on any atom is 0.368 e. The number of aryl methyl sites for hydroxylation is 3. The topological polar surface area (TPSA) is 87.7 Å². The second-order valence-electron chi connectivity index (χ2n) is 6.68. The summed E-state index contributed by atoms with van der Waals surface area (Å²) in [6, 6.07) is 15.3. The normalized spacial score (nSPS) is 10.9. The molecular formula is C21H20N6O2. The molecule has 0 atom stereocenters. The molecule has 8 heteroatoms. The molecule has 8 nitrogen and oxygen atoms in total. The highest BCUT2D eigenvalue weighted by Gasteiger charge is 2.12. The number of nitrogens with zero attached hydrogens (tertiary/aromatic N) is 6. The Morgan fingerprint density at radius 2 is 1.86 bits per heavy atom. The summed E-state index contributed by atoms with van der Waals surface area (Å²) in [5.74, 6) is 1.50. The van der Waals surface area contributed by atoms with Crippen LogP contribution in [0.1, 0.15) is 17.0 Å². The molecule has 2 aromatic carbocycles. The summed E-state index contributed by atoms with van der Waals surface area (Å²) in [7, 11) is 1.56. The van der Waals surface area contributed by atoms with Gasteiger partial charge in [0.2, 0.25) is 0 Å². The van der Waals surface area contributed by atoms with Gasteiger partial charge in [0.25, 0.3) is 0 Å². The second-order valence-corrected chi connectivity index (χ2v) is 6.68. The van der Waals surface area contributed by atoms with Gasteiger partial charge in [0.1, 0.15) is 18.2 Å². The van der Waals surface area contributed by atoms with Crippen molar-refractivity contribution in [2.45, 2.75) is 20.5 Å². The molecule has 0 bridgehead atoms. The molecule has 0 aliphatic heterocycles. The Morgan fingerprint density at radius 1 is 1.03 bits per heavy atom. The third kappa shape index (κ3) is 3.77. The van der Waals surface area contributed by atoms with Crippen LogP contribution < -0.4 is 10.4 Å². The number of benzene rings is 2. The number of ether oxygens (including phenoxy) is 1. The smallest absolute Gasteiger partial charge is 0.368 e. The summed E-state index contributed by atoms with van der Waals surface area (Å²) in [5.41, 5.74) is 4.05. The van der Waals surface area contributed by atoms with E-state index in [1.54, 1.807) is 13.2 Å². The highest BCUT2D eigenvalue weighted by molar-refractivity contribution is 5.61. The minimum Gasteiger partial charge on any atom is -0.489 e. The van der Waals surface area contributed by atoms with Crippen LogP contribution in [-0.2, 0) is 13.7 Å². The molecule has 0 saturated heterocycles. The van der Waals surface area contributed by atoms with Crippen molar-refractivity contribution in [3.05, 3.63) is 82.2 Å². The maximum atomic E-state index is 12.2. The first-order valence-electron chi connectivity index (χ1n) is 9.13. The molecule has 0 aliphatic rings. The minimum atomic E-state index is -0.307. The molecule has 146 valence electrons. The van der Waals surface area contributed by atoms with E-state index in [4.69, 9.17) is 4.74 Å². The second kappa shape index (κ2) is 7.67. The average Bonchev–Trinajstić information content (AvgIpc) is 3.06. The molecule has 4 aromatic rings. The molecule has 0 amide bonds. The predicted octanol–water partition coefficient (Wildman–Crippen LogP) is 2.62. The van der Waals surface area contributed by atoms with Crippen molar-refractivity contribution in [3.63, 3.8) is 0 Å². The maximum absolute atomic E-state index is 12.2. The molecule has 4 rings (SSSR count). The predicted molar refractivity (Wildman–Crippen MR) is 108 cm³/mol. The van der Waals surface area contributed by atoms with Crippen LogP contribution >= 0.6 is 0 Å². The van der Waals surface area contributed by atoms with Crippen molar-refractivity contribution in [2.75, 3.05) is 0 Å². The summed E-state index contributed by atoms with van der Waals surface area (Å²) >= 11 is 0. The van der Waals surface area contributed by atoms with Crippen LogP contribution in [0.2, 0.25) is 0 Å². The fourth-order valence-corrected chi connectivity index (χ4v) is 3.05. The van der Waals surface area contributed by atoms with Crippen LogP contribution in [0.5, 0.6) is 5.75 Å². The summed E-state index contributed by atoms with van der Waals surface area (Å²) in [4.78, 5) is 20.8. The zero-order valence-corrected chi connectivity index (χ0v) is 16.4. The van der Waals surface area contributed by atoms with E-state index in [1.165, 1.54) is 9.36 Å². The third-order valence-electron chi connectivity index (χ3n) is 4.57. The van der Waals surface area contributed by atoms with Gasteiger partial charge >= 0.3 is 5.69 Å². The number of hydrogen-bond donors (Lipinski definition) is 0. The molecule has 2 aromatic heterocycles. The molecule has 0 N–H and O–H groups in total. The van der Waals surface area contributed by atoms with Gasteiger partial charge in [-0.2, -0.15) is 9.36 Å². The van der Waals surface area contributed by atoms with Crippen LogP contribution in [-0.4, -0.2) is 29.8 Å². The van der Waals surface area contributed by atoms with Crippen molar-refractivity contribution < 1.29 is 4.74 Å². The Hall–Kier alpha value is -3.81. The molecule has 2 heterocycles. The quantitative estimate of drug-likeness (QED) is 0.522. The lowest BCUT2D eigenvalue weighted by atomic mass is 10.1. The monoisotopic (exact) mass is 388 g/mol. The first-order valence-corrected chi connectivity index (χ1v) is 9.13. The van der Waals surface area contributed by atoms with Crippen molar-refractivity contribution in [1.82, 2.24) is 29.8 Å². The molecule has 0 unspecified atom stereocenters. The van der Waals surface area contributed by atoms with Gasteiger partial charge in [-0.1, -0.05) is 18.2 Å². The lowest BCUT2D eigenvalue weighted by Gasteiger charge is -2.13. The Bertz CT molecular complexity index is 1230. The summed E-state index contributed by atoms with van der Waals surface area (Å²) in [5, 5.41) is 7.70. The van der Waals surface area contributed by atoms with Crippen LogP contribution in [0.15, 0.2) is 59.5 Å². The number of rotatable bonds is 5. The Kier molecular flexibility index (Phi) is 4.90. The molecule has 0 aliphatic carbocycles. The standard InChI is InChI=1S/C21H20N6O2/c1-14-12-16(18-10-11-22-15(2)23-18)8-9-20(14)29-13-17-6-4-5-7-19(17)27-21(28)26(3)24-25-27/h4-12H,13H2,1-3H3. The van der Waals surface area contributed by atoms with Gasteiger partial charge < -0.3 is 4.74 Å². The number of tetrazole rings is 1. The van der Waals surface area contributed by atoms with Gasteiger partial charge in [0.15, 0.2) is 0 Å². The van der Waals surface area contributed by atoms with E-state index in [0.717, 1.165) is 34.0 Å². The molecule has 0 spiro atoms. The van der Waals surface area contributed by atoms with E-state index in [2.05, 4.69) is 20.4 Å². The van der Waals surface area contributed by atoms with E-state index in [1.807, 2.05) is 62.4 Å². The molecule has 0 saturated carbocycles. The molecule has 0 fully saturated rings. The van der Waals surface area contributed by atoms with Gasteiger partial charge in [0, 0.05) is 24.4 Å². The number of aromatic nitrogens is 6.